The molecule has 1 aromatic carbocycles. The van der Waals surface area contributed by atoms with Crippen molar-refractivity contribution in [3.05, 3.63) is 47.5 Å². The lowest BCUT2D eigenvalue weighted by molar-refractivity contribution is -0.183. The average Bonchev–Trinajstić information content (AvgIpc) is 3.76. The number of alkyl halides is 3. The molecule has 2 saturated carbocycles. The molecule has 0 radical (unpaired) electrons. The Morgan fingerprint density at radius 1 is 0.936 bits per heavy atom. The summed E-state index contributed by atoms with van der Waals surface area (Å²) in [6.07, 6.45) is 7.52. The zero-order chi connectivity index (χ0) is 33.7. The van der Waals surface area contributed by atoms with Crippen molar-refractivity contribution in [2.45, 2.75) is 122 Å². The number of nitrogens with one attached hydrogen (secondary N) is 2. The minimum absolute atomic E-state index is 0.000714. The summed E-state index contributed by atoms with van der Waals surface area (Å²) in [4.78, 5) is 41.7. The molecule has 0 spiro atoms. The predicted octanol–water partition coefficient (Wildman–Crippen LogP) is 7.21. The molecule has 0 bridgehead atoms. The molecular formula is C35H47F4N5O3. The Bertz CT molecular complexity index is 1380. The van der Waals surface area contributed by atoms with Crippen molar-refractivity contribution in [1.29, 1.82) is 0 Å². The van der Waals surface area contributed by atoms with Crippen LogP contribution in [0.3, 0.4) is 0 Å². The number of carbonyl (C=O) groups excluding carboxylic acids is 3. The molecule has 3 fully saturated rings. The molecule has 3 atom stereocenters. The van der Waals surface area contributed by atoms with Gasteiger partial charge >= 0.3 is 6.18 Å². The Morgan fingerprint density at radius 3 is 2.15 bits per heavy atom. The van der Waals surface area contributed by atoms with Gasteiger partial charge in [-0.15, -0.1) is 0 Å². The van der Waals surface area contributed by atoms with Crippen LogP contribution in [0.2, 0.25) is 0 Å². The predicted molar refractivity (Wildman–Crippen MR) is 170 cm³/mol. The molecule has 2 N–H and O–H groups in total. The van der Waals surface area contributed by atoms with Crippen molar-refractivity contribution in [1.82, 2.24) is 20.0 Å². The van der Waals surface area contributed by atoms with Crippen LogP contribution in [-0.4, -0.2) is 57.2 Å². The second-order valence-electron chi connectivity index (χ2n) is 13.5. The number of carbonyl (C=O) groups is 3. The Morgan fingerprint density at radius 2 is 1.57 bits per heavy atom. The fourth-order valence-electron chi connectivity index (χ4n) is 8.17. The molecule has 8 nitrogen and oxygen atoms in total. The summed E-state index contributed by atoms with van der Waals surface area (Å²) in [5.41, 5.74) is 0.450. The highest BCUT2D eigenvalue weighted by Crippen LogP contribution is 2.42. The second kappa shape index (κ2) is 15.2. The first-order valence-electron chi connectivity index (χ1n) is 17.3. The number of aromatic nitrogens is 2. The molecule has 3 amide bonds. The van der Waals surface area contributed by atoms with E-state index in [-0.39, 0.29) is 48.4 Å². The molecule has 2 heterocycles. The van der Waals surface area contributed by atoms with E-state index in [1.54, 1.807) is 16.9 Å². The Hall–Kier alpha value is -3.44. The van der Waals surface area contributed by atoms with E-state index in [2.05, 4.69) is 15.7 Å². The minimum atomic E-state index is -4.53. The van der Waals surface area contributed by atoms with Crippen molar-refractivity contribution >= 4 is 23.4 Å². The highest BCUT2D eigenvalue weighted by atomic mass is 19.4. The van der Waals surface area contributed by atoms with Crippen molar-refractivity contribution < 1.29 is 31.9 Å². The summed E-state index contributed by atoms with van der Waals surface area (Å²) >= 11 is 0. The van der Waals surface area contributed by atoms with Gasteiger partial charge in [0.15, 0.2) is 0 Å². The number of hydrogen-bond acceptors (Lipinski definition) is 4. The van der Waals surface area contributed by atoms with Crippen LogP contribution in [0.4, 0.5) is 23.2 Å². The van der Waals surface area contributed by atoms with Gasteiger partial charge in [-0.1, -0.05) is 70.3 Å². The lowest BCUT2D eigenvalue weighted by Gasteiger charge is -2.42. The van der Waals surface area contributed by atoms with Crippen molar-refractivity contribution in [2.75, 3.05) is 11.9 Å². The van der Waals surface area contributed by atoms with Gasteiger partial charge in [-0.3, -0.25) is 19.1 Å². The van der Waals surface area contributed by atoms with E-state index in [9.17, 15) is 27.6 Å². The highest BCUT2D eigenvalue weighted by Gasteiger charge is 2.48. The van der Waals surface area contributed by atoms with Gasteiger partial charge in [0.1, 0.15) is 23.6 Å². The number of likely N-dealkylation sites (tertiary alicyclic amines) is 1. The van der Waals surface area contributed by atoms with Gasteiger partial charge in [0.05, 0.1) is 11.6 Å². The smallest absolute Gasteiger partial charge is 0.339 e. The molecule has 1 aliphatic heterocycles. The number of benzene rings is 1. The van der Waals surface area contributed by atoms with Crippen molar-refractivity contribution in [2.24, 2.45) is 17.8 Å². The van der Waals surface area contributed by atoms with Crippen LogP contribution >= 0.6 is 0 Å². The van der Waals surface area contributed by atoms with E-state index >= 15 is 4.39 Å². The zero-order valence-corrected chi connectivity index (χ0v) is 27.3. The van der Waals surface area contributed by atoms with E-state index in [4.69, 9.17) is 0 Å². The van der Waals surface area contributed by atoms with Crippen LogP contribution in [0.5, 0.6) is 0 Å². The number of amides is 3. The first-order chi connectivity index (χ1) is 22.5. The van der Waals surface area contributed by atoms with Crippen molar-refractivity contribution in [3.63, 3.8) is 0 Å². The van der Waals surface area contributed by atoms with E-state index < -0.39 is 47.7 Å². The van der Waals surface area contributed by atoms with Gasteiger partial charge in [-0.2, -0.15) is 18.3 Å². The van der Waals surface area contributed by atoms with Crippen LogP contribution < -0.4 is 10.6 Å². The van der Waals surface area contributed by atoms with Crippen LogP contribution in [0.15, 0.2) is 30.5 Å². The van der Waals surface area contributed by atoms with E-state index in [0.717, 1.165) is 75.2 Å². The second-order valence-corrected chi connectivity index (χ2v) is 13.5. The molecule has 12 heteroatoms. The number of aryl methyl sites for hydroxylation is 1. The number of halogens is 4. The van der Waals surface area contributed by atoms with Gasteiger partial charge in [0.2, 0.25) is 11.8 Å². The number of rotatable bonds is 10. The zero-order valence-electron chi connectivity index (χ0n) is 27.3. The monoisotopic (exact) mass is 661 g/mol. The first-order valence-corrected chi connectivity index (χ1v) is 17.3. The minimum Gasteiger partial charge on any atom is -0.339 e. The molecule has 3 aliphatic rings. The lowest BCUT2D eigenvalue weighted by Crippen LogP contribution is -2.53. The quantitative estimate of drug-likeness (QED) is 0.263. The molecule has 2 unspecified atom stereocenters. The molecule has 258 valence electrons. The largest absolute Gasteiger partial charge is 0.408 e. The summed E-state index contributed by atoms with van der Waals surface area (Å²) in [5, 5.41) is 9.99. The summed E-state index contributed by atoms with van der Waals surface area (Å²) in [5.74, 6) is -3.09. The van der Waals surface area contributed by atoms with E-state index in [0.29, 0.717) is 12.2 Å². The molecule has 5 rings (SSSR count). The van der Waals surface area contributed by atoms with E-state index in [1.807, 2.05) is 6.92 Å². The molecule has 1 aromatic heterocycles. The maximum absolute atomic E-state index is 15.6. The average molecular weight is 662 g/mol. The van der Waals surface area contributed by atoms with Gasteiger partial charge in [0, 0.05) is 19.3 Å². The Balaban J connectivity index is 1.39. The Labute approximate surface area is 274 Å². The normalized spacial score (nSPS) is 21.1. The summed E-state index contributed by atoms with van der Waals surface area (Å²) in [6, 6.07) is 2.77. The SMILES string of the molecule is CCn1nccc1C(=O)NC(C(=O)Nc1ccc(C(C)C(=O)N2CCC[C@@H]2C(F)(F)F)cc1F)C(C1CCCCC1)C1CCCCC1. The van der Waals surface area contributed by atoms with Gasteiger partial charge < -0.3 is 15.5 Å². The van der Waals surface area contributed by atoms with Gasteiger partial charge in [0.25, 0.3) is 5.91 Å². The third kappa shape index (κ3) is 8.00. The maximum Gasteiger partial charge on any atom is 0.408 e. The summed E-state index contributed by atoms with van der Waals surface area (Å²) in [7, 11) is 0. The van der Waals surface area contributed by atoms with Gasteiger partial charge in [-0.05, 0) is 68.2 Å². The number of anilines is 1. The standard InChI is InChI=1S/C35H47F4N5O3/c1-3-44-28(18-19-40-44)32(45)42-31(30(23-11-6-4-7-12-23)24-13-8-5-9-14-24)33(46)41-27-17-16-25(21-26(27)36)22(2)34(47)43-20-10-15-29(43)35(37,38)39/h16-19,21-24,29-31H,3-15,20H2,1-2H3,(H,41,46)(H,42,45)/t22?,29-,31?/m1/s1. The van der Waals surface area contributed by atoms with E-state index in [1.165, 1.54) is 19.1 Å². The third-order valence-corrected chi connectivity index (χ3v) is 10.6. The number of hydrogen-bond donors (Lipinski definition) is 2. The fourth-order valence-corrected chi connectivity index (χ4v) is 8.17. The first kappa shape index (κ1) is 34.9. The molecule has 2 aliphatic carbocycles. The maximum atomic E-state index is 15.6. The van der Waals surface area contributed by atoms with Crippen LogP contribution in [0.25, 0.3) is 0 Å². The number of nitrogens with zero attached hydrogens (tertiary/aromatic N) is 3. The molecule has 1 saturated heterocycles. The van der Waals surface area contributed by atoms with Gasteiger partial charge in [-0.25, -0.2) is 4.39 Å². The fraction of sp³-hybridized carbons (Fsp3) is 0.657. The molecule has 47 heavy (non-hydrogen) atoms. The van der Waals surface area contributed by atoms with Crippen LogP contribution in [-0.2, 0) is 16.1 Å². The lowest BCUT2D eigenvalue weighted by atomic mass is 9.66. The summed E-state index contributed by atoms with van der Waals surface area (Å²) < 4.78 is 57.7. The topological polar surface area (TPSA) is 96.3 Å². The Kier molecular flexibility index (Phi) is 11.3. The van der Waals surface area contributed by atoms with Crippen LogP contribution in [0.1, 0.15) is 113 Å². The highest BCUT2D eigenvalue weighted by molar-refractivity contribution is 6.01. The summed E-state index contributed by atoms with van der Waals surface area (Å²) in [6.45, 7) is 3.82. The third-order valence-electron chi connectivity index (χ3n) is 10.6. The van der Waals surface area contributed by atoms with Crippen LogP contribution in [0, 0.1) is 23.6 Å². The molecular weight excluding hydrogens is 614 g/mol. The van der Waals surface area contributed by atoms with Crippen molar-refractivity contribution in [3.8, 4) is 0 Å². The molecule has 2 aromatic rings.